The first-order valence-electron chi connectivity index (χ1n) is 16.3. The van der Waals surface area contributed by atoms with Crippen molar-refractivity contribution >= 4 is 23.0 Å². The molecule has 0 unspecified atom stereocenters. The van der Waals surface area contributed by atoms with Crippen LogP contribution in [0.15, 0.2) is 65.2 Å². The Balaban J connectivity index is 1.27. The summed E-state index contributed by atoms with van der Waals surface area (Å²) in [7, 11) is 0. The van der Waals surface area contributed by atoms with Gasteiger partial charge in [-0.3, -0.25) is 15.5 Å². The largest absolute Gasteiger partial charge is 0.493 e. The van der Waals surface area contributed by atoms with Crippen molar-refractivity contribution in [2.45, 2.75) is 90.5 Å². The summed E-state index contributed by atoms with van der Waals surface area (Å²) in [5.41, 5.74) is -0.933. The van der Waals surface area contributed by atoms with E-state index < -0.39 is 47.5 Å². The summed E-state index contributed by atoms with van der Waals surface area (Å²) >= 11 is 0. The van der Waals surface area contributed by atoms with Crippen molar-refractivity contribution in [1.82, 2.24) is 25.7 Å². The summed E-state index contributed by atoms with van der Waals surface area (Å²) in [6.07, 6.45) is -5.09. The fourth-order valence-corrected chi connectivity index (χ4v) is 5.53. The molecule has 0 spiro atoms. The maximum Gasteiger partial charge on any atom is 0.416 e. The molecule has 2 heterocycles. The number of likely N-dealkylation sites (tertiary alicyclic amines) is 1. The first-order chi connectivity index (χ1) is 23.4. The summed E-state index contributed by atoms with van der Waals surface area (Å²) in [6, 6.07) is 16.0. The van der Waals surface area contributed by atoms with Crippen LogP contribution in [-0.4, -0.2) is 57.9 Å². The van der Waals surface area contributed by atoms with Crippen LogP contribution in [0.5, 0.6) is 5.75 Å². The number of carbonyl (C=O) groups is 2. The quantitative estimate of drug-likeness (QED) is 0.167. The molecular weight excluding hydrogens is 655 g/mol. The van der Waals surface area contributed by atoms with Gasteiger partial charge in [0.25, 0.3) is 0 Å². The average molecular weight is 698 g/mol. The van der Waals surface area contributed by atoms with E-state index in [1.54, 1.807) is 53.7 Å². The molecule has 5 rings (SSSR count). The summed E-state index contributed by atoms with van der Waals surface area (Å²) in [4.78, 5) is 32.1. The van der Waals surface area contributed by atoms with Crippen LogP contribution >= 0.6 is 0 Å². The molecule has 1 aliphatic heterocycles. The summed E-state index contributed by atoms with van der Waals surface area (Å²) in [5.74, 6) is 1.28. The number of alkyl carbamates (subject to hydrolysis) is 2. The van der Waals surface area contributed by atoms with Crippen LogP contribution in [-0.2, 0) is 22.1 Å². The number of ether oxygens (including phenoxy) is 3. The molecule has 0 saturated carbocycles. The number of alkyl halides is 3. The van der Waals surface area contributed by atoms with Crippen molar-refractivity contribution in [3.05, 3.63) is 77.7 Å². The predicted octanol–water partition coefficient (Wildman–Crippen LogP) is 8.00. The third-order valence-electron chi connectivity index (χ3n) is 7.64. The highest BCUT2D eigenvalue weighted by Crippen LogP contribution is 2.34. The Hall–Kier alpha value is -4.85. The second-order valence-corrected chi connectivity index (χ2v) is 14.1. The van der Waals surface area contributed by atoms with E-state index in [-0.39, 0.29) is 6.61 Å². The molecule has 1 saturated heterocycles. The molecule has 3 aromatic carbocycles. The molecule has 0 aliphatic carbocycles. The van der Waals surface area contributed by atoms with E-state index in [0.717, 1.165) is 29.3 Å². The van der Waals surface area contributed by atoms with Crippen molar-refractivity contribution in [3.63, 3.8) is 0 Å². The van der Waals surface area contributed by atoms with Gasteiger partial charge in [-0.2, -0.15) is 18.2 Å². The number of hydrogen-bond acceptors (Lipinski definition) is 9. The summed E-state index contributed by atoms with van der Waals surface area (Å²) < 4.78 is 61.6. The lowest BCUT2D eigenvalue weighted by Gasteiger charge is -2.33. The van der Waals surface area contributed by atoms with E-state index in [9.17, 15) is 22.8 Å². The summed E-state index contributed by atoms with van der Waals surface area (Å²) in [6.45, 7) is 11.2. The molecule has 0 bridgehead atoms. The lowest BCUT2D eigenvalue weighted by molar-refractivity contribution is -0.137. The van der Waals surface area contributed by atoms with Crippen molar-refractivity contribution in [3.8, 4) is 17.1 Å². The first-order valence-corrected chi connectivity index (χ1v) is 16.3. The number of nitrogens with zero attached hydrogens (tertiary/aromatic N) is 3. The third-order valence-corrected chi connectivity index (χ3v) is 7.64. The average Bonchev–Trinajstić information content (AvgIpc) is 3.69. The van der Waals surface area contributed by atoms with Gasteiger partial charge in [0.15, 0.2) is 6.29 Å². The minimum absolute atomic E-state index is 0.218. The van der Waals surface area contributed by atoms with Crippen LogP contribution in [0.4, 0.5) is 22.8 Å². The number of aromatic nitrogens is 2. The van der Waals surface area contributed by atoms with Gasteiger partial charge >= 0.3 is 18.4 Å². The number of amides is 2. The first kappa shape index (κ1) is 36.4. The zero-order chi connectivity index (χ0) is 36.3. The van der Waals surface area contributed by atoms with Gasteiger partial charge in [-0.1, -0.05) is 41.6 Å². The minimum atomic E-state index is -4.39. The van der Waals surface area contributed by atoms with Gasteiger partial charge in [0.2, 0.25) is 11.7 Å². The Morgan fingerprint density at radius 2 is 1.58 bits per heavy atom. The molecule has 1 fully saturated rings. The van der Waals surface area contributed by atoms with Gasteiger partial charge in [0, 0.05) is 18.5 Å². The molecule has 0 radical (unpaired) electrons. The molecule has 1 aromatic heterocycles. The van der Waals surface area contributed by atoms with Crippen molar-refractivity contribution < 1.29 is 41.5 Å². The molecular formula is C36H42F3N5O6. The van der Waals surface area contributed by atoms with Gasteiger partial charge in [-0.05, 0) is 95.0 Å². The monoisotopic (exact) mass is 697 g/mol. The van der Waals surface area contributed by atoms with Crippen LogP contribution in [0.3, 0.4) is 0 Å². The van der Waals surface area contributed by atoms with Crippen LogP contribution < -0.4 is 15.4 Å². The van der Waals surface area contributed by atoms with Crippen molar-refractivity contribution in [1.29, 1.82) is 0 Å². The van der Waals surface area contributed by atoms with E-state index in [4.69, 9.17) is 18.7 Å². The van der Waals surface area contributed by atoms with Gasteiger partial charge in [0.05, 0.1) is 18.2 Å². The van der Waals surface area contributed by atoms with E-state index in [2.05, 4.69) is 20.8 Å². The molecule has 1 aliphatic rings. The maximum atomic E-state index is 13.0. The predicted molar refractivity (Wildman–Crippen MR) is 179 cm³/mol. The molecule has 4 aromatic rings. The lowest BCUT2D eigenvalue weighted by atomic mass is 10.1. The van der Waals surface area contributed by atoms with Gasteiger partial charge in [-0.15, -0.1) is 0 Å². The van der Waals surface area contributed by atoms with E-state index in [1.807, 2.05) is 35.2 Å². The second-order valence-electron chi connectivity index (χ2n) is 14.1. The van der Waals surface area contributed by atoms with Gasteiger partial charge in [0.1, 0.15) is 17.0 Å². The highest BCUT2D eigenvalue weighted by Gasteiger charge is 2.38. The Labute approximate surface area is 288 Å². The zero-order valence-electron chi connectivity index (χ0n) is 28.9. The van der Waals surface area contributed by atoms with E-state index in [1.165, 1.54) is 6.07 Å². The zero-order valence-corrected chi connectivity index (χ0v) is 28.9. The molecule has 50 heavy (non-hydrogen) atoms. The molecule has 2 N–H and O–H groups in total. The van der Waals surface area contributed by atoms with Crippen LogP contribution in [0, 0.1) is 0 Å². The number of nitrogens with one attached hydrogen (secondary N) is 2. The number of halogens is 3. The number of rotatable bonds is 9. The van der Waals surface area contributed by atoms with E-state index >= 15 is 0 Å². The fourth-order valence-electron chi connectivity index (χ4n) is 5.53. The third kappa shape index (κ3) is 9.87. The van der Waals surface area contributed by atoms with E-state index in [0.29, 0.717) is 48.0 Å². The van der Waals surface area contributed by atoms with Crippen molar-refractivity contribution in [2.24, 2.45) is 0 Å². The number of hydrogen-bond donors (Lipinski definition) is 2. The Morgan fingerprint density at radius 3 is 2.24 bits per heavy atom. The van der Waals surface area contributed by atoms with Gasteiger partial charge in [-0.25, -0.2) is 9.59 Å². The lowest BCUT2D eigenvalue weighted by Crippen LogP contribution is -2.59. The minimum Gasteiger partial charge on any atom is -0.493 e. The van der Waals surface area contributed by atoms with Gasteiger partial charge < -0.3 is 18.7 Å². The Kier molecular flexibility index (Phi) is 10.6. The van der Waals surface area contributed by atoms with Crippen LogP contribution in [0.2, 0.25) is 0 Å². The molecule has 11 nitrogen and oxygen atoms in total. The van der Waals surface area contributed by atoms with Crippen molar-refractivity contribution in [2.75, 3.05) is 13.2 Å². The molecule has 1 atom stereocenters. The normalized spacial score (nSPS) is 15.7. The topological polar surface area (TPSA) is 128 Å². The maximum absolute atomic E-state index is 13.0. The number of benzene rings is 3. The highest BCUT2D eigenvalue weighted by atomic mass is 19.4. The number of carbonyl (C=O) groups excluding carboxylic acids is 2. The number of fused-ring (bicyclic) bond motifs is 1. The molecule has 268 valence electrons. The Bertz CT molecular complexity index is 1780. The summed E-state index contributed by atoms with van der Waals surface area (Å²) in [5, 5.41) is 11.5. The second kappa shape index (κ2) is 14.6. The highest BCUT2D eigenvalue weighted by molar-refractivity contribution is 5.87. The van der Waals surface area contributed by atoms with Crippen LogP contribution in [0.1, 0.15) is 77.4 Å². The molecule has 2 amide bonds. The fraction of sp³-hybridized carbons (Fsp3) is 0.444. The Morgan fingerprint density at radius 1 is 0.920 bits per heavy atom. The molecule has 14 heteroatoms. The van der Waals surface area contributed by atoms with Crippen LogP contribution in [0.25, 0.3) is 22.2 Å². The smallest absolute Gasteiger partial charge is 0.416 e. The standard InChI is InChI=1S/C36H42F3N5O6/c1-34(2,3)48-32(45)41-31(42-33(46)49-35(4,5)6)44-17-8-11-28(44)30-40-29(43-50-30)25-13-12-24-21-27(15-14-23(24)20-25)47-18-16-22-9-7-10-26(19-22)36(37,38)39/h7,9-10,12-15,19-21,28,31H,8,11,16-18H2,1-6H3,(H,41,45)(H,42,46)/t28-/m0/s1. The SMILES string of the molecule is CC(C)(C)OC(=O)NC(NC(=O)OC(C)(C)C)N1CCC[C@H]1c1nc(-c2ccc3cc(OCCc4cccc(C(F)(F)F)c4)ccc3c2)no1.